The molecule has 1 N–H and O–H groups in total. The lowest BCUT2D eigenvalue weighted by Gasteiger charge is -2.28. The van der Waals surface area contributed by atoms with Crippen molar-refractivity contribution in [1.29, 1.82) is 0 Å². The second kappa shape index (κ2) is 19.8. The van der Waals surface area contributed by atoms with Gasteiger partial charge in [-0.2, -0.15) is 0 Å². The Bertz CT molecular complexity index is 2970. The van der Waals surface area contributed by atoms with E-state index in [1.54, 1.807) is 23.1 Å². The number of imidazole rings is 1. The zero-order valence-electron chi connectivity index (χ0n) is 35.5. The lowest BCUT2D eigenvalue weighted by atomic mass is 10.1. The molecule has 9 rings (SSSR count). The van der Waals surface area contributed by atoms with Crippen LogP contribution in [0.3, 0.4) is 0 Å². The SMILES string of the molecule is [C-]#[N+]c1ccc(OCc2nc(N3CCN(Cc4nc5ccc(C(=O)OC)cc5n4C[C@@H]4CCO4)C3=O)ccc2F)c(F)c1.[C-]#[N+]c1ccc(OCc2nc(N3CCNC3=O)ccc2F)c(F)c1. The predicted octanol–water partition coefficient (Wildman–Crippen LogP) is 7.88. The largest absolute Gasteiger partial charge is 0.484 e. The number of pyridine rings is 2. The average Bonchev–Trinajstić information content (AvgIpc) is 4.02. The summed E-state index contributed by atoms with van der Waals surface area (Å²) in [6.45, 7) is 16.1. The number of rotatable bonds is 13. The van der Waals surface area contributed by atoms with Gasteiger partial charge >= 0.3 is 18.0 Å². The molecule has 3 aromatic heterocycles. The number of aromatic nitrogens is 4. The minimum atomic E-state index is -0.744. The van der Waals surface area contributed by atoms with Gasteiger partial charge in [0.15, 0.2) is 34.5 Å². The molecule has 3 fully saturated rings. The molecular weight excluding hydrogens is 881 g/mol. The van der Waals surface area contributed by atoms with Crippen LogP contribution in [-0.2, 0) is 35.8 Å². The number of carbonyl (C=O) groups is 3. The zero-order valence-corrected chi connectivity index (χ0v) is 35.5. The highest BCUT2D eigenvalue weighted by molar-refractivity contribution is 5.95. The third-order valence-electron chi connectivity index (χ3n) is 10.9. The Hall–Kier alpha value is -8.30. The van der Waals surface area contributed by atoms with Crippen LogP contribution in [0.25, 0.3) is 20.7 Å². The monoisotopic (exact) mass is 918 g/mol. The summed E-state index contributed by atoms with van der Waals surface area (Å²) in [6.07, 6.45) is 0.903. The van der Waals surface area contributed by atoms with Crippen molar-refractivity contribution in [3.63, 3.8) is 0 Å². The van der Waals surface area contributed by atoms with Gasteiger partial charge in [0, 0.05) is 32.8 Å². The summed E-state index contributed by atoms with van der Waals surface area (Å²) in [6, 6.07) is 17.1. The second-order valence-electron chi connectivity index (χ2n) is 15.1. The van der Waals surface area contributed by atoms with E-state index in [1.807, 2.05) is 4.57 Å². The zero-order chi connectivity index (χ0) is 47.2. The van der Waals surface area contributed by atoms with Crippen molar-refractivity contribution in [3.8, 4) is 11.5 Å². The molecule has 0 unspecified atom stereocenters. The summed E-state index contributed by atoms with van der Waals surface area (Å²) in [5, 5.41) is 2.63. The number of hydrogen-bond acceptors (Lipinski definition) is 10. The first kappa shape index (κ1) is 45.3. The minimum Gasteiger partial charge on any atom is -0.484 e. The summed E-state index contributed by atoms with van der Waals surface area (Å²) in [5.74, 6) is -2.27. The second-order valence-corrected chi connectivity index (χ2v) is 15.1. The third kappa shape index (κ3) is 10.0. The average molecular weight is 919 g/mol. The number of carbonyl (C=O) groups excluding carboxylic acids is 3. The topological polar surface area (TPSA) is 162 Å². The number of esters is 1. The molecule has 4 amide bonds. The lowest BCUT2D eigenvalue weighted by Crippen LogP contribution is -2.34. The quantitative estimate of drug-likeness (QED) is 0.0686. The van der Waals surface area contributed by atoms with Gasteiger partial charge < -0.3 is 33.7 Å². The molecule has 0 spiro atoms. The van der Waals surface area contributed by atoms with Crippen LogP contribution >= 0.6 is 0 Å². The summed E-state index contributed by atoms with van der Waals surface area (Å²) in [5.41, 5.74) is 1.93. The van der Waals surface area contributed by atoms with Crippen LogP contribution in [0, 0.1) is 36.4 Å². The van der Waals surface area contributed by atoms with Crippen molar-refractivity contribution in [3.05, 3.63) is 148 Å². The number of ether oxygens (including phenoxy) is 4. The number of hydrogen-bond donors (Lipinski definition) is 1. The van der Waals surface area contributed by atoms with Gasteiger partial charge in [-0.05, 0) is 73.2 Å². The Morgan fingerprint density at radius 1 is 0.776 bits per heavy atom. The van der Waals surface area contributed by atoms with Gasteiger partial charge in [-0.1, -0.05) is 12.1 Å². The van der Waals surface area contributed by atoms with Gasteiger partial charge in [0.2, 0.25) is 0 Å². The molecule has 67 heavy (non-hydrogen) atoms. The molecule has 6 aromatic rings. The maximum absolute atomic E-state index is 14.6. The number of nitrogens with one attached hydrogen (secondary N) is 1. The smallest absolute Gasteiger partial charge is 0.337 e. The molecule has 3 aliphatic rings. The van der Waals surface area contributed by atoms with Crippen LogP contribution in [-0.4, -0.2) is 88.5 Å². The number of amides is 4. The van der Waals surface area contributed by atoms with Crippen LogP contribution < -0.4 is 24.6 Å². The fourth-order valence-electron chi connectivity index (χ4n) is 7.27. The normalized spacial score (nSPS) is 15.3. The van der Waals surface area contributed by atoms with Gasteiger partial charge in [-0.15, -0.1) is 0 Å². The molecule has 6 heterocycles. The highest BCUT2D eigenvalue weighted by Gasteiger charge is 2.33. The van der Waals surface area contributed by atoms with Gasteiger partial charge in [0.1, 0.15) is 53.7 Å². The molecule has 342 valence electrons. The van der Waals surface area contributed by atoms with E-state index in [2.05, 4.69) is 25.0 Å². The van der Waals surface area contributed by atoms with Crippen molar-refractivity contribution in [2.75, 3.05) is 49.7 Å². The maximum atomic E-state index is 14.6. The van der Waals surface area contributed by atoms with Crippen LogP contribution in [0.2, 0.25) is 0 Å². The van der Waals surface area contributed by atoms with Crippen LogP contribution in [0.4, 0.5) is 50.2 Å². The van der Waals surface area contributed by atoms with Crippen LogP contribution in [0.15, 0.2) is 78.9 Å². The highest BCUT2D eigenvalue weighted by Crippen LogP contribution is 2.29. The van der Waals surface area contributed by atoms with Crippen molar-refractivity contribution >= 4 is 52.1 Å². The van der Waals surface area contributed by atoms with Gasteiger partial charge in [-0.25, -0.2) is 56.6 Å². The summed E-state index contributed by atoms with van der Waals surface area (Å²) in [7, 11) is 1.32. The summed E-state index contributed by atoms with van der Waals surface area (Å²) >= 11 is 0. The van der Waals surface area contributed by atoms with Crippen LogP contribution in [0.1, 0.15) is 34.0 Å². The number of benzene rings is 3. The summed E-state index contributed by atoms with van der Waals surface area (Å²) in [4.78, 5) is 61.1. The molecule has 3 saturated heterocycles. The molecule has 17 nitrogen and oxygen atoms in total. The molecule has 0 bridgehead atoms. The fourth-order valence-corrected chi connectivity index (χ4v) is 7.27. The van der Waals surface area contributed by atoms with E-state index in [1.165, 1.54) is 65.4 Å². The Morgan fingerprint density at radius 2 is 1.39 bits per heavy atom. The number of methoxy groups -OCH3 is 1. The first-order chi connectivity index (χ1) is 32.4. The first-order valence-electron chi connectivity index (χ1n) is 20.6. The maximum Gasteiger partial charge on any atom is 0.337 e. The number of urea groups is 2. The van der Waals surface area contributed by atoms with E-state index >= 15 is 0 Å². The molecule has 1 atom stereocenters. The van der Waals surface area contributed by atoms with Gasteiger partial charge in [0.05, 0.1) is 56.0 Å². The van der Waals surface area contributed by atoms with Crippen LogP contribution in [0.5, 0.6) is 11.5 Å². The highest BCUT2D eigenvalue weighted by atomic mass is 19.1. The number of nitrogens with zero attached hydrogens (tertiary/aromatic N) is 9. The third-order valence-corrected chi connectivity index (χ3v) is 10.9. The standard InChI is InChI=1S/C30H26F2N6O5.C16H12F2N4O2/c1-33-19-4-7-26(22(32)14-19)43-17-24-21(31)5-8-27(35-24)37-11-10-36(30(37)40)16-28-34-23-6-3-18(29(39)41-2)13-25(23)38(28)15-20-9-12-42-20;1-19-10-2-4-14(12(18)8-10)24-9-13-11(17)3-5-15(21-13)22-7-6-20-16(22)23/h3-8,13-14,20H,9-12,15-17H2,2H3;2-5,8H,6-7,9H2,(H,20,23)/t20-;/m0./s1. The minimum absolute atomic E-state index is 0.00634. The Labute approximate surface area is 379 Å². The molecule has 0 aliphatic carbocycles. The van der Waals surface area contributed by atoms with Crippen molar-refractivity contribution in [1.82, 2.24) is 29.7 Å². The van der Waals surface area contributed by atoms with Crippen molar-refractivity contribution < 1.29 is 50.9 Å². The van der Waals surface area contributed by atoms with E-state index in [0.717, 1.165) is 24.1 Å². The Morgan fingerprint density at radius 3 is 1.91 bits per heavy atom. The predicted molar refractivity (Wildman–Crippen MR) is 232 cm³/mol. The summed E-state index contributed by atoms with van der Waals surface area (Å²) < 4.78 is 79.6. The number of anilines is 2. The molecule has 3 aromatic carbocycles. The van der Waals surface area contributed by atoms with E-state index in [9.17, 15) is 31.9 Å². The van der Waals surface area contributed by atoms with E-state index in [0.29, 0.717) is 62.1 Å². The number of fused-ring (bicyclic) bond motifs is 1. The van der Waals surface area contributed by atoms with E-state index in [-0.39, 0.29) is 78.0 Å². The Balaban J connectivity index is 0.000000214. The lowest BCUT2D eigenvalue weighted by molar-refractivity contribution is -0.0591. The Kier molecular flexibility index (Phi) is 13.4. The van der Waals surface area contributed by atoms with E-state index in [4.69, 9.17) is 37.1 Å². The molecule has 0 saturated carbocycles. The fraction of sp³-hybridized carbons (Fsp3) is 0.261. The molecule has 0 radical (unpaired) electrons. The molecule has 21 heteroatoms. The molecular formula is C46H38F4N10O7. The molecule has 3 aliphatic heterocycles. The first-order valence-corrected chi connectivity index (χ1v) is 20.6. The van der Waals surface area contributed by atoms with E-state index < -0.39 is 29.2 Å². The van der Waals surface area contributed by atoms with Gasteiger partial charge in [0.25, 0.3) is 0 Å². The van der Waals surface area contributed by atoms with Crippen molar-refractivity contribution in [2.24, 2.45) is 0 Å². The number of halogens is 4. The van der Waals surface area contributed by atoms with Gasteiger partial charge in [-0.3, -0.25) is 9.80 Å². The van der Waals surface area contributed by atoms with Crippen molar-refractivity contribution in [2.45, 2.75) is 38.8 Å².